The molecule has 1 aliphatic rings. The second-order valence-electron chi connectivity index (χ2n) is 5.65. The minimum absolute atomic E-state index is 0.246. The Bertz CT molecular complexity index is 716. The monoisotopic (exact) mass is 291 g/mol. The summed E-state index contributed by atoms with van der Waals surface area (Å²) in [6.07, 6.45) is 0. The van der Waals surface area contributed by atoms with Gasteiger partial charge in [0.05, 0.1) is 11.1 Å². The molecule has 0 spiro atoms. The van der Waals surface area contributed by atoms with Crippen LogP contribution >= 0.6 is 0 Å². The average molecular weight is 291 g/mol. The van der Waals surface area contributed by atoms with Crippen LogP contribution < -0.4 is 0 Å². The molecule has 0 unspecified atom stereocenters. The number of rotatable bonds is 2. The van der Waals surface area contributed by atoms with Crippen molar-refractivity contribution < 1.29 is 9.59 Å². The number of benzene rings is 2. The van der Waals surface area contributed by atoms with E-state index in [0.29, 0.717) is 11.1 Å². The van der Waals surface area contributed by atoms with Crippen molar-refractivity contribution in [2.75, 3.05) is 7.05 Å². The zero-order chi connectivity index (χ0) is 15.9. The molecular formula is C19H17NO2. The van der Waals surface area contributed by atoms with Crippen LogP contribution in [0, 0.1) is 13.8 Å². The molecule has 110 valence electrons. The van der Waals surface area contributed by atoms with E-state index in [4.69, 9.17) is 0 Å². The van der Waals surface area contributed by atoms with Crippen molar-refractivity contribution in [3.05, 3.63) is 70.8 Å². The number of likely N-dealkylation sites (N-methyl/N-ethyl adjacent to an activating group) is 1. The summed E-state index contributed by atoms with van der Waals surface area (Å²) in [4.78, 5) is 26.2. The lowest BCUT2D eigenvalue weighted by Gasteiger charge is -2.06. The fourth-order valence-corrected chi connectivity index (χ4v) is 2.62. The van der Waals surface area contributed by atoms with Gasteiger partial charge in [-0.25, -0.2) is 0 Å². The molecule has 2 amide bonds. The highest BCUT2D eigenvalue weighted by atomic mass is 16.2. The number of carbonyl (C=O) groups excluding carboxylic acids is 2. The number of amides is 2. The lowest BCUT2D eigenvalue weighted by Crippen LogP contribution is -2.26. The van der Waals surface area contributed by atoms with Gasteiger partial charge in [-0.05, 0) is 25.0 Å². The SMILES string of the molecule is Cc1ccc(C2=C(c3ccc(C)cc3)C(=O)N(C)C2=O)cc1. The number of imide groups is 1. The Labute approximate surface area is 129 Å². The highest BCUT2D eigenvalue weighted by Crippen LogP contribution is 2.34. The highest BCUT2D eigenvalue weighted by Gasteiger charge is 2.36. The predicted octanol–water partition coefficient (Wildman–Crippen LogP) is 3.21. The molecule has 1 aliphatic heterocycles. The minimum Gasteiger partial charge on any atom is -0.277 e. The zero-order valence-corrected chi connectivity index (χ0v) is 12.9. The van der Waals surface area contributed by atoms with Gasteiger partial charge in [0.15, 0.2) is 0 Å². The summed E-state index contributed by atoms with van der Waals surface area (Å²) in [5.74, 6) is -0.492. The number of aryl methyl sites for hydroxylation is 2. The van der Waals surface area contributed by atoms with Crippen LogP contribution in [0.15, 0.2) is 48.5 Å². The molecule has 0 aliphatic carbocycles. The van der Waals surface area contributed by atoms with Crippen LogP contribution in [0.5, 0.6) is 0 Å². The van der Waals surface area contributed by atoms with Gasteiger partial charge in [-0.1, -0.05) is 59.7 Å². The molecule has 2 aromatic carbocycles. The molecular weight excluding hydrogens is 274 g/mol. The smallest absolute Gasteiger partial charge is 0.261 e. The van der Waals surface area contributed by atoms with E-state index in [1.807, 2.05) is 62.4 Å². The summed E-state index contributed by atoms with van der Waals surface area (Å²) >= 11 is 0. The van der Waals surface area contributed by atoms with E-state index in [1.165, 1.54) is 11.9 Å². The molecule has 1 heterocycles. The molecule has 3 rings (SSSR count). The lowest BCUT2D eigenvalue weighted by atomic mass is 9.95. The molecule has 0 fully saturated rings. The Kier molecular flexibility index (Phi) is 3.41. The molecule has 0 N–H and O–H groups in total. The van der Waals surface area contributed by atoms with Gasteiger partial charge >= 0.3 is 0 Å². The molecule has 0 aromatic heterocycles. The molecule has 2 aromatic rings. The summed E-state index contributed by atoms with van der Waals surface area (Å²) in [5, 5.41) is 0. The summed E-state index contributed by atoms with van der Waals surface area (Å²) in [6.45, 7) is 3.99. The van der Waals surface area contributed by atoms with Crippen LogP contribution in [-0.2, 0) is 9.59 Å². The first-order chi connectivity index (χ1) is 10.5. The fourth-order valence-electron chi connectivity index (χ4n) is 2.62. The lowest BCUT2D eigenvalue weighted by molar-refractivity contribution is -0.134. The van der Waals surface area contributed by atoms with Crippen LogP contribution in [0.3, 0.4) is 0 Å². The first-order valence-electron chi connectivity index (χ1n) is 7.20. The molecule has 0 atom stereocenters. The zero-order valence-electron chi connectivity index (χ0n) is 12.9. The van der Waals surface area contributed by atoms with Crippen LogP contribution in [0.4, 0.5) is 0 Å². The second kappa shape index (κ2) is 5.26. The third kappa shape index (κ3) is 2.25. The number of nitrogens with zero attached hydrogens (tertiary/aromatic N) is 1. The van der Waals surface area contributed by atoms with Gasteiger partial charge in [0.1, 0.15) is 0 Å². The Morgan fingerprint density at radius 3 is 1.27 bits per heavy atom. The molecule has 3 heteroatoms. The Hall–Kier alpha value is -2.68. The van der Waals surface area contributed by atoms with Gasteiger partial charge in [-0.15, -0.1) is 0 Å². The van der Waals surface area contributed by atoms with E-state index in [1.54, 1.807) is 0 Å². The minimum atomic E-state index is -0.246. The first kappa shape index (κ1) is 14.3. The van der Waals surface area contributed by atoms with Crippen molar-refractivity contribution in [1.82, 2.24) is 4.90 Å². The molecule has 3 nitrogen and oxygen atoms in total. The molecule has 0 saturated heterocycles. The van der Waals surface area contributed by atoms with Crippen LogP contribution in [0.2, 0.25) is 0 Å². The van der Waals surface area contributed by atoms with E-state index in [-0.39, 0.29) is 11.8 Å². The maximum Gasteiger partial charge on any atom is 0.261 e. The van der Waals surface area contributed by atoms with Crippen LogP contribution in [0.25, 0.3) is 11.1 Å². The van der Waals surface area contributed by atoms with Crippen molar-refractivity contribution in [2.45, 2.75) is 13.8 Å². The number of carbonyl (C=O) groups is 2. The normalized spacial score (nSPS) is 15.0. The van der Waals surface area contributed by atoms with Gasteiger partial charge < -0.3 is 0 Å². The van der Waals surface area contributed by atoms with E-state index in [2.05, 4.69) is 0 Å². The van der Waals surface area contributed by atoms with Crippen molar-refractivity contribution in [3.8, 4) is 0 Å². The van der Waals surface area contributed by atoms with Crippen molar-refractivity contribution in [3.63, 3.8) is 0 Å². The van der Waals surface area contributed by atoms with E-state index in [0.717, 1.165) is 22.3 Å². The Morgan fingerprint density at radius 1 is 0.636 bits per heavy atom. The summed E-state index contributed by atoms with van der Waals surface area (Å²) in [5.41, 5.74) is 4.76. The quantitative estimate of drug-likeness (QED) is 0.797. The predicted molar refractivity (Wildman–Crippen MR) is 86.9 cm³/mol. The molecule has 0 radical (unpaired) electrons. The van der Waals surface area contributed by atoms with E-state index in [9.17, 15) is 9.59 Å². The van der Waals surface area contributed by atoms with E-state index >= 15 is 0 Å². The fraction of sp³-hybridized carbons (Fsp3) is 0.158. The second-order valence-corrected chi connectivity index (χ2v) is 5.65. The Morgan fingerprint density at radius 2 is 0.955 bits per heavy atom. The molecule has 0 saturated carbocycles. The third-order valence-corrected chi connectivity index (χ3v) is 3.97. The first-order valence-corrected chi connectivity index (χ1v) is 7.20. The number of hydrogen-bond donors (Lipinski definition) is 0. The average Bonchev–Trinajstić information content (AvgIpc) is 2.74. The molecule has 22 heavy (non-hydrogen) atoms. The largest absolute Gasteiger partial charge is 0.277 e. The van der Waals surface area contributed by atoms with Crippen LogP contribution in [0.1, 0.15) is 22.3 Å². The van der Waals surface area contributed by atoms with E-state index < -0.39 is 0 Å². The van der Waals surface area contributed by atoms with Crippen molar-refractivity contribution in [2.24, 2.45) is 0 Å². The van der Waals surface area contributed by atoms with Crippen molar-refractivity contribution in [1.29, 1.82) is 0 Å². The summed E-state index contributed by atoms with van der Waals surface area (Å²) < 4.78 is 0. The maximum atomic E-state index is 12.5. The summed E-state index contributed by atoms with van der Waals surface area (Å²) in [6, 6.07) is 15.4. The maximum absolute atomic E-state index is 12.5. The van der Waals surface area contributed by atoms with Gasteiger partial charge in [0.25, 0.3) is 11.8 Å². The summed E-state index contributed by atoms with van der Waals surface area (Å²) in [7, 11) is 1.53. The standard InChI is InChI=1S/C19H17NO2/c1-12-4-8-14(9-5-12)16-17(19(22)20(3)18(16)21)15-10-6-13(2)7-11-15/h4-11H,1-3H3. The topological polar surface area (TPSA) is 37.4 Å². The van der Waals surface area contributed by atoms with Crippen molar-refractivity contribution >= 4 is 23.0 Å². The third-order valence-electron chi connectivity index (χ3n) is 3.97. The highest BCUT2D eigenvalue weighted by molar-refractivity contribution is 6.48. The van der Waals surface area contributed by atoms with Gasteiger partial charge in [-0.3, -0.25) is 14.5 Å². The number of hydrogen-bond acceptors (Lipinski definition) is 2. The van der Waals surface area contributed by atoms with Gasteiger partial charge in [0, 0.05) is 7.05 Å². The van der Waals surface area contributed by atoms with Gasteiger partial charge in [-0.2, -0.15) is 0 Å². The van der Waals surface area contributed by atoms with Gasteiger partial charge in [0.2, 0.25) is 0 Å². The van der Waals surface area contributed by atoms with Crippen LogP contribution in [-0.4, -0.2) is 23.8 Å². The Balaban J connectivity index is 2.22. The molecule has 0 bridgehead atoms.